The molecule has 0 spiro atoms. The normalized spacial score (nSPS) is 17.8. The van der Waals surface area contributed by atoms with Gasteiger partial charge in [-0.25, -0.2) is 18.5 Å². The average Bonchev–Trinajstić information content (AvgIpc) is 3.77. The summed E-state index contributed by atoms with van der Waals surface area (Å²) in [6.45, 7) is 11.6. The fraction of sp³-hybridized carbons (Fsp3) is 0.392. The number of carbonyl (C=O) groups excluding carboxylic acids is 2. The molecule has 1 fully saturated rings. The summed E-state index contributed by atoms with van der Waals surface area (Å²) in [7, 11) is 0. The Morgan fingerprint density at radius 1 is 0.971 bits per heavy atom. The van der Waals surface area contributed by atoms with E-state index in [-0.39, 0.29) is 59.8 Å². The monoisotopic (exact) mass is 981 g/mol. The highest BCUT2D eigenvalue weighted by Crippen LogP contribution is 2.44. The number of amides is 2. The van der Waals surface area contributed by atoms with E-state index in [4.69, 9.17) is 25.8 Å². The first-order chi connectivity index (χ1) is 32.7. The SMILES string of the molecule is CC1(C)CCC(CN2CC=C(c3ccc(C(=O)N(c4ccc(OCC5(F)CCN(C(=O)OC(C)(C)C)CC5)c([N+](=O)[O-])c4)S(=O)[O-])c(Oc4cnc5[nH]ccc5c4)c3)CC2)=C(c2ccc(Cl)cc2)C1. The molecule has 0 radical (unpaired) electrons. The second-order valence-electron chi connectivity index (χ2n) is 19.7. The van der Waals surface area contributed by atoms with Crippen LogP contribution in [0.15, 0.2) is 96.8 Å². The van der Waals surface area contributed by atoms with Gasteiger partial charge in [-0.15, -0.1) is 0 Å². The number of likely N-dealkylation sites (tertiary alicyclic amines) is 1. The molecule has 18 heteroatoms. The van der Waals surface area contributed by atoms with Gasteiger partial charge in [-0.1, -0.05) is 55.3 Å². The fourth-order valence-electron chi connectivity index (χ4n) is 8.98. The predicted molar refractivity (Wildman–Crippen MR) is 263 cm³/mol. The Balaban J connectivity index is 1.03. The molecule has 1 atom stereocenters. The summed E-state index contributed by atoms with van der Waals surface area (Å²) in [6, 6.07) is 19.7. The van der Waals surface area contributed by atoms with Crippen LogP contribution >= 0.6 is 11.6 Å². The number of ether oxygens (including phenoxy) is 3. The Kier molecular flexibility index (Phi) is 14.3. The molecule has 0 saturated carbocycles. The van der Waals surface area contributed by atoms with Crippen molar-refractivity contribution in [1.29, 1.82) is 0 Å². The first kappa shape index (κ1) is 49.3. The van der Waals surface area contributed by atoms with E-state index in [9.17, 15) is 28.5 Å². The second-order valence-corrected chi connectivity index (χ2v) is 20.9. The zero-order valence-electron chi connectivity index (χ0n) is 39.2. The standard InChI is InChI=1S/C51H56ClFN6O9S/c1-49(2,3)68-48(61)57-24-19-51(53,20-25-57)32-66-44-13-11-39(28-43(44)59(62)63)58(69(64)65)47(60)41-12-8-35(27-45(41)67-40-26-36-15-21-54-46(36)55-30-40)33-16-22-56(23-17-33)31-37-14-18-50(4,5)29-42(37)34-6-9-38(52)10-7-34/h6-13,15-16,21,26-28,30H,14,17-20,22-25,29,31-32H2,1-5H3,(H,54,55)(H,64,65)/p-1. The number of nitrogens with one attached hydrogen (secondary N) is 1. The van der Waals surface area contributed by atoms with Gasteiger partial charge in [0.2, 0.25) is 0 Å². The first-order valence-electron chi connectivity index (χ1n) is 22.9. The van der Waals surface area contributed by atoms with E-state index in [2.05, 4.69) is 46.9 Å². The molecular weight excluding hydrogens is 927 g/mol. The number of anilines is 1. The molecule has 5 aromatic rings. The van der Waals surface area contributed by atoms with Crippen molar-refractivity contribution >= 4 is 68.4 Å². The number of fused-ring (bicyclic) bond motifs is 1. The zero-order valence-corrected chi connectivity index (χ0v) is 40.8. The van der Waals surface area contributed by atoms with Gasteiger partial charge < -0.3 is 28.6 Å². The summed E-state index contributed by atoms with van der Waals surface area (Å²) in [5, 5.41) is 13.8. The van der Waals surface area contributed by atoms with Crippen LogP contribution in [0.1, 0.15) is 94.6 Å². The van der Waals surface area contributed by atoms with Crippen LogP contribution in [0.3, 0.4) is 0 Å². The smallest absolute Gasteiger partial charge is 0.410 e. The van der Waals surface area contributed by atoms with Crippen LogP contribution < -0.4 is 13.8 Å². The quantitative estimate of drug-likeness (QED) is 0.0673. The number of piperidine rings is 1. The Morgan fingerprint density at radius 3 is 2.39 bits per heavy atom. The Hall–Kier alpha value is -6.14. The molecule has 1 unspecified atom stereocenters. The van der Waals surface area contributed by atoms with Gasteiger partial charge in [0.05, 0.1) is 33.6 Å². The van der Waals surface area contributed by atoms with Gasteiger partial charge in [0, 0.05) is 68.2 Å². The number of alkyl halides is 1. The van der Waals surface area contributed by atoms with Crippen molar-refractivity contribution in [2.75, 3.05) is 43.6 Å². The molecule has 1 N–H and O–H groups in total. The maximum absolute atomic E-state index is 15.9. The lowest BCUT2D eigenvalue weighted by Gasteiger charge is -2.36. The van der Waals surface area contributed by atoms with Gasteiger partial charge in [-0.3, -0.25) is 24.0 Å². The van der Waals surface area contributed by atoms with Crippen LogP contribution in [0.25, 0.3) is 22.2 Å². The van der Waals surface area contributed by atoms with E-state index in [1.807, 2.05) is 18.2 Å². The van der Waals surface area contributed by atoms with E-state index < -0.39 is 51.8 Å². The van der Waals surface area contributed by atoms with Crippen molar-refractivity contribution < 1.29 is 41.9 Å². The van der Waals surface area contributed by atoms with Crippen molar-refractivity contribution in [3.8, 4) is 17.2 Å². The van der Waals surface area contributed by atoms with E-state index in [1.54, 1.807) is 45.2 Å². The lowest BCUT2D eigenvalue weighted by Crippen LogP contribution is -2.48. The Morgan fingerprint density at radius 2 is 1.71 bits per heavy atom. The number of nitrogens with zero attached hydrogens (tertiary/aromatic N) is 5. The van der Waals surface area contributed by atoms with Crippen molar-refractivity contribution in [3.63, 3.8) is 0 Å². The maximum Gasteiger partial charge on any atom is 0.410 e. The number of pyridine rings is 1. The van der Waals surface area contributed by atoms with E-state index in [0.717, 1.165) is 61.0 Å². The number of hydrogen-bond acceptors (Lipinski definition) is 11. The molecule has 1 aliphatic carbocycles. The molecule has 0 bridgehead atoms. The van der Waals surface area contributed by atoms with Gasteiger partial charge >= 0.3 is 11.8 Å². The number of H-pyrrole nitrogens is 1. The number of rotatable bonds is 13. The zero-order chi connectivity index (χ0) is 49.3. The number of halogens is 2. The Labute approximate surface area is 407 Å². The highest BCUT2D eigenvalue weighted by Gasteiger charge is 2.39. The molecule has 2 aliphatic heterocycles. The number of aromatic amines is 1. The van der Waals surface area contributed by atoms with E-state index >= 15 is 4.39 Å². The lowest BCUT2D eigenvalue weighted by molar-refractivity contribution is -0.385. The molecule has 3 aliphatic rings. The number of carbonyl (C=O) groups is 2. The molecule has 2 amide bonds. The molecule has 8 rings (SSSR count). The van der Waals surface area contributed by atoms with Gasteiger partial charge in [-0.05, 0) is 123 Å². The Bertz CT molecular complexity index is 2850. The minimum Gasteiger partial charge on any atom is -0.755 e. The number of hydrogen-bond donors (Lipinski definition) is 1. The van der Waals surface area contributed by atoms with Gasteiger partial charge in [0.1, 0.15) is 35.0 Å². The molecule has 3 aromatic carbocycles. The predicted octanol–water partition coefficient (Wildman–Crippen LogP) is 11.2. The molecule has 4 heterocycles. The maximum atomic E-state index is 15.9. The lowest BCUT2D eigenvalue weighted by atomic mass is 9.72. The third-order valence-electron chi connectivity index (χ3n) is 12.8. The van der Waals surface area contributed by atoms with Crippen molar-refractivity contribution in [2.45, 2.75) is 84.4 Å². The molecule has 364 valence electrons. The summed E-state index contributed by atoms with van der Waals surface area (Å²) < 4.78 is 59.7. The highest BCUT2D eigenvalue weighted by atomic mass is 35.5. The summed E-state index contributed by atoms with van der Waals surface area (Å²) in [5.41, 5.74) is 2.76. The summed E-state index contributed by atoms with van der Waals surface area (Å²) >= 11 is 2.97. The van der Waals surface area contributed by atoms with Crippen LogP contribution in [0.4, 0.5) is 20.6 Å². The number of nitro groups is 1. The topological polar surface area (TPSA) is 183 Å². The molecule has 15 nitrogen and oxygen atoms in total. The van der Waals surface area contributed by atoms with Gasteiger partial charge in [-0.2, -0.15) is 0 Å². The van der Waals surface area contributed by atoms with Crippen LogP contribution in [0.5, 0.6) is 17.2 Å². The minimum atomic E-state index is -3.28. The van der Waals surface area contributed by atoms with Gasteiger partial charge in [0.25, 0.3) is 5.91 Å². The fourth-order valence-corrected chi connectivity index (χ4v) is 9.63. The highest BCUT2D eigenvalue weighted by molar-refractivity contribution is 7.81. The largest absolute Gasteiger partial charge is 0.755 e. The molecular formula is C51H55ClFN6O9S-. The van der Waals surface area contributed by atoms with Crippen LogP contribution in [0.2, 0.25) is 5.02 Å². The second kappa shape index (κ2) is 20.1. The third kappa shape index (κ3) is 11.8. The van der Waals surface area contributed by atoms with Crippen molar-refractivity contribution in [1.82, 2.24) is 19.8 Å². The summed E-state index contributed by atoms with van der Waals surface area (Å²) in [6.07, 6.45) is 8.38. The number of benzene rings is 3. The number of nitro benzene ring substituents is 1. The average molecular weight is 983 g/mol. The van der Waals surface area contributed by atoms with Crippen LogP contribution in [0, 0.1) is 15.5 Å². The van der Waals surface area contributed by atoms with Crippen LogP contribution in [-0.2, 0) is 16.0 Å². The van der Waals surface area contributed by atoms with Crippen molar-refractivity contribution in [2.24, 2.45) is 5.41 Å². The van der Waals surface area contributed by atoms with E-state index in [0.29, 0.717) is 27.9 Å². The molecule has 2 aromatic heterocycles. The minimum absolute atomic E-state index is 0.0379. The van der Waals surface area contributed by atoms with E-state index in [1.165, 1.54) is 39.9 Å². The van der Waals surface area contributed by atoms with Gasteiger partial charge in [0.15, 0.2) is 5.75 Å². The molecule has 1 saturated heterocycles. The molecule has 69 heavy (non-hydrogen) atoms. The number of allylic oxidation sites excluding steroid dienone is 1. The first-order valence-corrected chi connectivity index (χ1v) is 24.3. The van der Waals surface area contributed by atoms with Crippen molar-refractivity contribution in [3.05, 3.63) is 129 Å². The third-order valence-corrected chi connectivity index (χ3v) is 13.7. The summed E-state index contributed by atoms with van der Waals surface area (Å²) in [5.74, 6) is -1.06. The van der Waals surface area contributed by atoms with Crippen LogP contribution in [-0.4, -0.2) is 96.1 Å². The summed E-state index contributed by atoms with van der Waals surface area (Å²) in [4.78, 5) is 49.8. The number of aromatic nitrogens is 2.